The van der Waals surface area contributed by atoms with Crippen LogP contribution in [0.3, 0.4) is 0 Å². The zero-order valence-electron chi connectivity index (χ0n) is 13.8. The van der Waals surface area contributed by atoms with E-state index in [-0.39, 0.29) is 0 Å². The number of aromatic nitrogens is 3. The van der Waals surface area contributed by atoms with Crippen molar-refractivity contribution in [1.29, 1.82) is 0 Å². The Hall–Kier alpha value is -3.41. The molecular weight excluding hydrogens is 318 g/mol. The van der Waals surface area contributed by atoms with Crippen LogP contribution in [0.1, 0.15) is 0 Å². The van der Waals surface area contributed by atoms with Crippen molar-refractivity contribution >= 4 is 10.9 Å². The lowest BCUT2D eigenvalue weighted by molar-refractivity contribution is 0.356. The van der Waals surface area contributed by atoms with Crippen LogP contribution in [0.4, 0.5) is 0 Å². The smallest absolute Gasteiger partial charge is 0.225 e. The van der Waals surface area contributed by atoms with Gasteiger partial charge in [0.05, 0.1) is 32.1 Å². The molecule has 0 aliphatic heterocycles. The van der Waals surface area contributed by atoms with Crippen LogP contribution in [-0.4, -0.2) is 29.4 Å². The molecule has 25 heavy (non-hydrogen) atoms. The van der Waals surface area contributed by atoms with E-state index in [0.29, 0.717) is 17.4 Å². The molecule has 0 saturated carbocycles. The van der Waals surface area contributed by atoms with Gasteiger partial charge in [0.2, 0.25) is 5.89 Å². The largest absolute Gasteiger partial charge is 0.493 e. The predicted octanol–water partition coefficient (Wildman–Crippen LogP) is 3.97. The van der Waals surface area contributed by atoms with Gasteiger partial charge >= 0.3 is 0 Å². The second-order valence-electron chi connectivity index (χ2n) is 5.40. The minimum atomic E-state index is 0.593. The number of fused-ring (bicyclic) bond motifs is 1. The number of ether oxygens (including phenoxy) is 2. The molecule has 0 spiro atoms. The highest BCUT2D eigenvalue weighted by molar-refractivity contribution is 5.95. The number of rotatable bonds is 4. The van der Waals surface area contributed by atoms with Crippen molar-refractivity contribution in [2.45, 2.75) is 0 Å². The van der Waals surface area contributed by atoms with Crippen LogP contribution in [0.2, 0.25) is 0 Å². The maximum Gasteiger partial charge on any atom is 0.225 e. The van der Waals surface area contributed by atoms with Crippen LogP contribution in [0.15, 0.2) is 59.5 Å². The van der Waals surface area contributed by atoms with Crippen molar-refractivity contribution in [1.82, 2.24) is 15.2 Å². The van der Waals surface area contributed by atoms with Gasteiger partial charge in [-0.05, 0) is 23.8 Å². The van der Waals surface area contributed by atoms with Crippen LogP contribution in [0, 0.1) is 0 Å². The highest BCUT2D eigenvalue weighted by Gasteiger charge is 2.12. The number of oxazole rings is 1. The van der Waals surface area contributed by atoms with E-state index in [1.54, 1.807) is 32.9 Å². The van der Waals surface area contributed by atoms with E-state index in [1.807, 2.05) is 36.4 Å². The molecule has 124 valence electrons. The molecule has 0 radical (unpaired) electrons. The van der Waals surface area contributed by atoms with Crippen molar-refractivity contribution < 1.29 is 13.9 Å². The summed E-state index contributed by atoms with van der Waals surface area (Å²) in [5.41, 5.74) is 3.64. The van der Waals surface area contributed by atoms with Gasteiger partial charge in [0, 0.05) is 22.6 Å². The van der Waals surface area contributed by atoms with E-state index >= 15 is 0 Å². The summed E-state index contributed by atoms with van der Waals surface area (Å²) in [6.07, 6.45) is 4.93. The predicted molar refractivity (Wildman–Crippen MR) is 93.6 cm³/mol. The van der Waals surface area contributed by atoms with Gasteiger partial charge in [-0.3, -0.25) is 0 Å². The van der Waals surface area contributed by atoms with Crippen LogP contribution >= 0.6 is 0 Å². The molecule has 2 heterocycles. The fraction of sp³-hybridized carbons (Fsp3) is 0.105. The van der Waals surface area contributed by atoms with E-state index in [4.69, 9.17) is 13.9 Å². The molecule has 0 aliphatic rings. The highest BCUT2D eigenvalue weighted by Crippen LogP contribution is 2.36. The van der Waals surface area contributed by atoms with E-state index in [0.717, 1.165) is 27.6 Å². The highest BCUT2D eigenvalue weighted by atomic mass is 16.5. The maximum absolute atomic E-state index is 5.41. The lowest BCUT2D eigenvalue weighted by atomic mass is 10.0. The lowest BCUT2D eigenvalue weighted by Crippen LogP contribution is -1.94. The Labute approximate surface area is 144 Å². The summed E-state index contributed by atoms with van der Waals surface area (Å²) in [6.45, 7) is 0. The Morgan fingerprint density at radius 3 is 2.32 bits per heavy atom. The van der Waals surface area contributed by atoms with Gasteiger partial charge in [-0.1, -0.05) is 12.1 Å². The zero-order valence-corrected chi connectivity index (χ0v) is 13.8. The van der Waals surface area contributed by atoms with E-state index in [2.05, 4.69) is 15.2 Å². The Bertz CT molecular complexity index is 1010. The summed E-state index contributed by atoms with van der Waals surface area (Å²) in [5, 5.41) is 9.26. The van der Waals surface area contributed by atoms with Gasteiger partial charge in [-0.2, -0.15) is 10.2 Å². The van der Waals surface area contributed by atoms with Gasteiger partial charge in [0.15, 0.2) is 11.5 Å². The molecule has 6 heteroatoms. The maximum atomic E-state index is 5.41. The molecule has 6 nitrogen and oxygen atoms in total. The summed E-state index contributed by atoms with van der Waals surface area (Å²) < 4.78 is 16.1. The van der Waals surface area contributed by atoms with E-state index in [1.165, 1.54) is 0 Å². The first-order valence-electron chi connectivity index (χ1n) is 7.68. The SMILES string of the molecule is COc1cc2nncc(-c3ccc(-c4ncco4)cc3)c2cc1OC. The third-order valence-electron chi connectivity index (χ3n) is 4.02. The molecule has 0 atom stereocenters. The van der Waals surface area contributed by atoms with Crippen molar-refractivity contribution in [2.24, 2.45) is 0 Å². The van der Waals surface area contributed by atoms with Crippen molar-refractivity contribution in [3.8, 4) is 34.1 Å². The number of methoxy groups -OCH3 is 2. The quantitative estimate of drug-likeness (QED) is 0.563. The fourth-order valence-electron chi connectivity index (χ4n) is 2.77. The van der Waals surface area contributed by atoms with Crippen molar-refractivity contribution in [2.75, 3.05) is 14.2 Å². The molecule has 4 aromatic rings. The minimum Gasteiger partial charge on any atom is -0.493 e. The van der Waals surface area contributed by atoms with Crippen LogP contribution in [0.5, 0.6) is 11.5 Å². The molecule has 2 aromatic heterocycles. The second kappa shape index (κ2) is 6.24. The number of hydrogen-bond acceptors (Lipinski definition) is 6. The monoisotopic (exact) mass is 333 g/mol. The molecule has 2 aromatic carbocycles. The third kappa shape index (κ3) is 2.67. The average Bonchev–Trinajstić information content (AvgIpc) is 3.21. The first kappa shape index (κ1) is 15.1. The molecule has 0 amide bonds. The summed E-state index contributed by atoms with van der Waals surface area (Å²) in [6, 6.07) is 11.7. The van der Waals surface area contributed by atoms with Gasteiger partial charge < -0.3 is 13.9 Å². The minimum absolute atomic E-state index is 0.593. The number of hydrogen-bond donors (Lipinski definition) is 0. The Balaban J connectivity index is 1.83. The van der Waals surface area contributed by atoms with Gasteiger partial charge in [-0.25, -0.2) is 4.98 Å². The topological polar surface area (TPSA) is 70.3 Å². The molecule has 0 bridgehead atoms. The number of nitrogens with zero attached hydrogens (tertiary/aromatic N) is 3. The Kier molecular flexibility index (Phi) is 3.78. The normalized spacial score (nSPS) is 10.8. The third-order valence-corrected chi connectivity index (χ3v) is 4.02. The molecular formula is C19H15N3O3. The van der Waals surface area contributed by atoms with Gasteiger partial charge in [-0.15, -0.1) is 0 Å². The first-order chi connectivity index (χ1) is 12.3. The molecule has 0 N–H and O–H groups in total. The van der Waals surface area contributed by atoms with Crippen LogP contribution in [-0.2, 0) is 0 Å². The number of benzene rings is 2. The van der Waals surface area contributed by atoms with Crippen molar-refractivity contribution in [3.05, 3.63) is 55.1 Å². The standard InChI is InChI=1S/C19H15N3O3/c1-23-17-9-14-15(11-21-22-16(14)10-18(17)24-2)12-3-5-13(6-4-12)19-20-7-8-25-19/h3-11H,1-2H3. The van der Waals surface area contributed by atoms with E-state index < -0.39 is 0 Å². The summed E-state index contributed by atoms with van der Waals surface area (Å²) in [5.74, 6) is 1.87. The summed E-state index contributed by atoms with van der Waals surface area (Å²) >= 11 is 0. The van der Waals surface area contributed by atoms with Gasteiger partial charge in [0.25, 0.3) is 0 Å². The van der Waals surface area contributed by atoms with Crippen LogP contribution in [0.25, 0.3) is 33.5 Å². The Morgan fingerprint density at radius 2 is 1.64 bits per heavy atom. The second-order valence-corrected chi connectivity index (χ2v) is 5.40. The van der Waals surface area contributed by atoms with Crippen molar-refractivity contribution in [3.63, 3.8) is 0 Å². The average molecular weight is 333 g/mol. The fourth-order valence-corrected chi connectivity index (χ4v) is 2.77. The molecule has 0 fully saturated rings. The Morgan fingerprint density at radius 1 is 0.920 bits per heavy atom. The zero-order chi connectivity index (χ0) is 17.2. The van der Waals surface area contributed by atoms with Crippen LogP contribution < -0.4 is 9.47 Å². The molecule has 4 rings (SSSR count). The summed E-state index contributed by atoms with van der Waals surface area (Å²) in [4.78, 5) is 4.16. The lowest BCUT2D eigenvalue weighted by Gasteiger charge is -2.11. The molecule has 0 unspecified atom stereocenters. The first-order valence-corrected chi connectivity index (χ1v) is 7.68. The molecule has 0 saturated heterocycles. The summed E-state index contributed by atoms with van der Waals surface area (Å²) in [7, 11) is 3.21. The van der Waals surface area contributed by atoms with Gasteiger partial charge in [0.1, 0.15) is 6.26 Å². The van der Waals surface area contributed by atoms with E-state index in [9.17, 15) is 0 Å². The molecule has 0 aliphatic carbocycles.